The van der Waals surface area contributed by atoms with Crippen molar-refractivity contribution in [3.8, 4) is 11.3 Å². The lowest BCUT2D eigenvalue weighted by molar-refractivity contribution is 0.0696. The predicted octanol–water partition coefficient (Wildman–Crippen LogP) is 3.19. The van der Waals surface area contributed by atoms with E-state index < -0.39 is 5.97 Å². The second-order valence-corrected chi connectivity index (χ2v) is 6.53. The first-order valence-corrected chi connectivity index (χ1v) is 8.36. The van der Waals surface area contributed by atoms with E-state index in [0.717, 1.165) is 42.8 Å². The lowest BCUT2D eigenvalue weighted by Crippen LogP contribution is -2.20. The van der Waals surface area contributed by atoms with Crippen molar-refractivity contribution in [3.05, 3.63) is 35.1 Å². The molecule has 0 unspecified atom stereocenters. The molecule has 1 aromatic carbocycles. The van der Waals surface area contributed by atoms with Gasteiger partial charge in [0.1, 0.15) is 11.5 Å². The normalized spacial score (nSPS) is 14.5. The molecule has 0 spiro atoms. The van der Waals surface area contributed by atoms with E-state index in [0.29, 0.717) is 22.0 Å². The first-order chi connectivity index (χ1) is 11.6. The third-order valence-corrected chi connectivity index (χ3v) is 4.86. The van der Waals surface area contributed by atoms with Crippen LogP contribution in [0.5, 0.6) is 0 Å². The summed E-state index contributed by atoms with van der Waals surface area (Å²) in [4.78, 5) is 27.0. The third kappa shape index (κ3) is 2.58. The van der Waals surface area contributed by atoms with Gasteiger partial charge in [-0.25, -0.2) is 24.1 Å². The maximum atomic E-state index is 13.2. The monoisotopic (exact) mass is 344 g/mol. The Labute approximate surface area is 140 Å². The molecule has 0 bridgehead atoms. The summed E-state index contributed by atoms with van der Waals surface area (Å²) in [5, 5.41) is 9.09. The molecule has 2 aromatic heterocycles. The molecule has 1 fully saturated rings. The van der Waals surface area contributed by atoms with Crippen LogP contribution in [0.4, 0.5) is 10.2 Å². The zero-order valence-electron chi connectivity index (χ0n) is 12.6. The van der Waals surface area contributed by atoms with Gasteiger partial charge < -0.3 is 10.0 Å². The average molecular weight is 344 g/mol. The van der Waals surface area contributed by atoms with Crippen LogP contribution in [0.2, 0.25) is 0 Å². The number of hydrogen-bond donors (Lipinski definition) is 1. The van der Waals surface area contributed by atoms with Crippen LogP contribution >= 0.6 is 11.3 Å². The predicted molar refractivity (Wildman–Crippen MR) is 89.0 cm³/mol. The van der Waals surface area contributed by atoms with Crippen molar-refractivity contribution in [2.24, 2.45) is 0 Å². The number of carboxylic acids is 1. The van der Waals surface area contributed by atoms with E-state index in [1.165, 1.54) is 12.1 Å². The van der Waals surface area contributed by atoms with E-state index in [-0.39, 0.29) is 10.8 Å². The Hall–Kier alpha value is -2.61. The molecule has 6 nitrogen and oxygen atoms in total. The van der Waals surface area contributed by atoms with Crippen LogP contribution in [0, 0.1) is 5.82 Å². The third-order valence-electron chi connectivity index (χ3n) is 3.94. The molecule has 4 rings (SSSR count). The number of nitrogens with zero attached hydrogens (tertiary/aromatic N) is 4. The van der Waals surface area contributed by atoms with Gasteiger partial charge in [-0.3, -0.25) is 0 Å². The summed E-state index contributed by atoms with van der Waals surface area (Å²) in [6.07, 6.45) is 2.15. The summed E-state index contributed by atoms with van der Waals surface area (Å²) in [7, 11) is 0. The topological polar surface area (TPSA) is 79.2 Å². The van der Waals surface area contributed by atoms with Crippen molar-refractivity contribution in [2.45, 2.75) is 12.8 Å². The SMILES string of the molecule is O=C(O)c1nc2nc(-c3ccc(F)cc3)c(N3CCCC3)nc2s1. The van der Waals surface area contributed by atoms with Crippen LogP contribution in [-0.2, 0) is 0 Å². The molecule has 0 saturated carbocycles. The van der Waals surface area contributed by atoms with E-state index in [2.05, 4.69) is 19.9 Å². The van der Waals surface area contributed by atoms with E-state index in [4.69, 9.17) is 5.11 Å². The maximum absolute atomic E-state index is 13.2. The van der Waals surface area contributed by atoms with Gasteiger partial charge in [0.2, 0.25) is 5.01 Å². The molecule has 0 amide bonds. The Balaban J connectivity index is 1.92. The lowest BCUT2D eigenvalue weighted by atomic mass is 10.1. The van der Waals surface area contributed by atoms with Gasteiger partial charge in [0.25, 0.3) is 0 Å². The smallest absolute Gasteiger partial charge is 0.365 e. The van der Waals surface area contributed by atoms with Gasteiger partial charge in [0.05, 0.1) is 0 Å². The first-order valence-electron chi connectivity index (χ1n) is 7.54. The number of halogens is 1. The van der Waals surface area contributed by atoms with Crippen LogP contribution in [0.3, 0.4) is 0 Å². The molecule has 24 heavy (non-hydrogen) atoms. The minimum Gasteiger partial charge on any atom is -0.476 e. The van der Waals surface area contributed by atoms with Gasteiger partial charge in [0.15, 0.2) is 16.3 Å². The molecule has 122 valence electrons. The van der Waals surface area contributed by atoms with Crippen molar-refractivity contribution in [3.63, 3.8) is 0 Å². The van der Waals surface area contributed by atoms with Crippen LogP contribution in [-0.4, -0.2) is 39.1 Å². The van der Waals surface area contributed by atoms with Crippen LogP contribution in [0.15, 0.2) is 24.3 Å². The minimum atomic E-state index is -1.09. The van der Waals surface area contributed by atoms with Crippen molar-refractivity contribution in [1.29, 1.82) is 0 Å². The Morgan fingerprint density at radius 3 is 2.50 bits per heavy atom. The summed E-state index contributed by atoms with van der Waals surface area (Å²) in [6.45, 7) is 1.75. The summed E-state index contributed by atoms with van der Waals surface area (Å²) in [6, 6.07) is 6.04. The van der Waals surface area contributed by atoms with E-state index >= 15 is 0 Å². The second kappa shape index (κ2) is 5.79. The number of benzene rings is 1. The molecular weight excluding hydrogens is 331 g/mol. The fourth-order valence-electron chi connectivity index (χ4n) is 2.80. The Morgan fingerprint density at radius 2 is 1.83 bits per heavy atom. The number of carboxylic acid groups (broad SMARTS) is 1. The number of rotatable bonds is 3. The second-order valence-electron chi connectivity index (χ2n) is 5.55. The molecule has 8 heteroatoms. The summed E-state index contributed by atoms with van der Waals surface area (Å²) >= 11 is 1.01. The summed E-state index contributed by atoms with van der Waals surface area (Å²) in [5.41, 5.74) is 1.64. The molecule has 0 aliphatic carbocycles. The molecule has 0 radical (unpaired) electrons. The number of aromatic carboxylic acids is 1. The fourth-order valence-corrected chi connectivity index (χ4v) is 3.51. The van der Waals surface area contributed by atoms with E-state index in [1.54, 1.807) is 12.1 Å². The van der Waals surface area contributed by atoms with Crippen LogP contribution in [0.1, 0.15) is 22.6 Å². The number of thiazole rings is 1. The zero-order chi connectivity index (χ0) is 16.7. The van der Waals surface area contributed by atoms with Gasteiger partial charge in [-0.15, -0.1) is 0 Å². The molecule has 1 saturated heterocycles. The number of aromatic nitrogens is 3. The first kappa shape index (κ1) is 14.9. The molecule has 3 aromatic rings. The van der Waals surface area contributed by atoms with Crippen molar-refractivity contribution in [2.75, 3.05) is 18.0 Å². The molecule has 1 aliphatic rings. The zero-order valence-corrected chi connectivity index (χ0v) is 13.4. The highest BCUT2D eigenvalue weighted by atomic mass is 32.1. The van der Waals surface area contributed by atoms with Gasteiger partial charge in [-0.1, -0.05) is 11.3 Å². The maximum Gasteiger partial charge on any atom is 0.365 e. The van der Waals surface area contributed by atoms with E-state index in [1.807, 2.05) is 0 Å². The van der Waals surface area contributed by atoms with Gasteiger partial charge in [-0.2, -0.15) is 0 Å². The Bertz CT molecular complexity index is 920. The lowest BCUT2D eigenvalue weighted by Gasteiger charge is -2.19. The summed E-state index contributed by atoms with van der Waals surface area (Å²) in [5.74, 6) is -0.713. The van der Waals surface area contributed by atoms with Crippen molar-refractivity contribution < 1.29 is 14.3 Å². The highest BCUT2D eigenvalue weighted by Crippen LogP contribution is 2.33. The molecule has 1 aliphatic heterocycles. The number of anilines is 1. The molecular formula is C16H13FN4O2S. The highest BCUT2D eigenvalue weighted by Gasteiger charge is 2.22. The summed E-state index contributed by atoms with van der Waals surface area (Å²) < 4.78 is 13.2. The van der Waals surface area contributed by atoms with Crippen molar-refractivity contribution >= 4 is 33.6 Å². The molecule has 1 N–H and O–H groups in total. The van der Waals surface area contributed by atoms with Crippen LogP contribution < -0.4 is 4.90 Å². The van der Waals surface area contributed by atoms with Crippen LogP contribution in [0.25, 0.3) is 21.7 Å². The quantitative estimate of drug-likeness (QED) is 0.786. The minimum absolute atomic E-state index is 0.0337. The Morgan fingerprint density at radius 1 is 1.12 bits per heavy atom. The average Bonchev–Trinajstić information content (AvgIpc) is 3.23. The largest absolute Gasteiger partial charge is 0.476 e. The van der Waals surface area contributed by atoms with E-state index in [9.17, 15) is 9.18 Å². The Kier molecular flexibility index (Phi) is 3.61. The number of hydrogen-bond acceptors (Lipinski definition) is 6. The standard InChI is InChI=1S/C16H13FN4O2S/c17-10-5-3-9(4-6-10)11-13(21-7-1-2-8-21)20-14-12(18-11)19-15(24-14)16(22)23/h3-6H,1-2,7-8H2,(H,22,23). The number of carbonyl (C=O) groups is 1. The molecule has 3 heterocycles. The number of fused-ring (bicyclic) bond motifs is 1. The van der Waals surface area contributed by atoms with Gasteiger partial charge in [-0.05, 0) is 37.1 Å². The van der Waals surface area contributed by atoms with Gasteiger partial charge >= 0.3 is 5.97 Å². The highest BCUT2D eigenvalue weighted by molar-refractivity contribution is 7.19. The fraction of sp³-hybridized carbons (Fsp3) is 0.250. The van der Waals surface area contributed by atoms with Gasteiger partial charge in [0, 0.05) is 18.7 Å². The molecule has 0 atom stereocenters. The van der Waals surface area contributed by atoms with Crippen molar-refractivity contribution in [1.82, 2.24) is 15.0 Å².